The average molecular weight is 407 g/mol. The summed E-state index contributed by atoms with van der Waals surface area (Å²) in [5, 5.41) is 13.8. The lowest BCUT2D eigenvalue weighted by Crippen LogP contribution is -2.53. The largest absolute Gasteiger partial charge is 0.506 e. The molecule has 1 aromatic carbocycles. The molecule has 1 aliphatic heterocycles. The number of likely N-dealkylation sites (tertiary alicyclic amines) is 1. The van der Waals surface area contributed by atoms with Gasteiger partial charge in [-0.3, -0.25) is 4.90 Å². The Labute approximate surface area is 175 Å². The van der Waals surface area contributed by atoms with Gasteiger partial charge in [0.1, 0.15) is 5.75 Å². The van der Waals surface area contributed by atoms with Gasteiger partial charge in [0, 0.05) is 38.9 Å². The number of methoxy groups -OCH3 is 2. The fourth-order valence-electron chi connectivity index (χ4n) is 4.73. The maximum absolute atomic E-state index is 10.2. The topological polar surface area (TPSA) is 63.2 Å². The zero-order valence-electron chi connectivity index (χ0n) is 18.3. The van der Waals surface area contributed by atoms with Crippen molar-refractivity contribution in [3.63, 3.8) is 0 Å². The Kier molecular flexibility index (Phi) is 8.18. The summed E-state index contributed by atoms with van der Waals surface area (Å²) in [6.45, 7) is 6.56. The molecule has 0 bridgehead atoms. The van der Waals surface area contributed by atoms with Crippen molar-refractivity contribution < 1.29 is 19.3 Å². The number of hydrogen-bond acceptors (Lipinski definition) is 6. The molecular formula is C23H38N2O4. The summed E-state index contributed by atoms with van der Waals surface area (Å²) in [5.74, 6) is 0.311. The molecule has 0 unspecified atom stereocenters. The van der Waals surface area contributed by atoms with E-state index in [0.717, 1.165) is 50.0 Å². The highest BCUT2D eigenvalue weighted by Gasteiger charge is 2.38. The molecule has 3 rings (SSSR count). The van der Waals surface area contributed by atoms with E-state index in [1.165, 1.54) is 12.8 Å². The van der Waals surface area contributed by atoms with E-state index in [2.05, 4.69) is 17.1 Å². The van der Waals surface area contributed by atoms with Crippen molar-refractivity contribution in [3.8, 4) is 5.75 Å². The van der Waals surface area contributed by atoms with Crippen LogP contribution in [0.4, 0.5) is 5.69 Å². The van der Waals surface area contributed by atoms with E-state index >= 15 is 0 Å². The van der Waals surface area contributed by atoms with Gasteiger partial charge < -0.3 is 24.6 Å². The number of benzene rings is 1. The highest BCUT2D eigenvalue weighted by molar-refractivity contribution is 5.57. The quantitative estimate of drug-likeness (QED) is 0.481. The van der Waals surface area contributed by atoms with Crippen LogP contribution >= 0.6 is 0 Å². The summed E-state index contributed by atoms with van der Waals surface area (Å²) in [7, 11) is 3.41. The van der Waals surface area contributed by atoms with Crippen LogP contribution in [0.1, 0.15) is 51.0 Å². The minimum atomic E-state index is 0.284. The molecule has 2 N–H and O–H groups in total. The first-order chi connectivity index (χ1) is 14.0. The Balaban J connectivity index is 1.46. The number of nitrogens with one attached hydrogen (secondary N) is 1. The Hall–Kier alpha value is -1.34. The normalized spacial score (nSPS) is 26.5. The number of hydrogen-bond donors (Lipinski definition) is 2. The van der Waals surface area contributed by atoms with Gasteiger partial charge in [-0.25, -0.2) is 0 Å². The average Bonchev–Trinajstić information content (AvgIpc) is 2.73. The van der Waals surface area contributed by atoms with Gasteiger partial charge in [-0.2, -0.15) is 0 Å². The molecule has 0 aromatic heterocycles. The van der Waals surface area contributed by atoms with Crippen molar-refractivity contribution in [2.45, 2.75) is 69.7 Å². The number of rotatable bonds is 9. The lowest BCUT2D eigenvalue weighted by Gasteiger charge is -2.48. The van der Waals surface area contributed by atoms with Gasteiger partial charge in [0.2, 0.25) is 0 Å². The van der Waals surface area contributed by atoms with Crippen LogP contribution in [0.15, 0.2) is 18.2 Å². The van der Waals surface area contributed by atoms with Gasteiger partial charge in [0.25, 0.3) is 0 Å². The molecule has 1 heterocycles. The third-order valence-corrected chi connectivity index (χ3v) is 6.64. The lowest BCUT2D eigenvalue weighted by atomic mass is 9.79. The molecule has 0 spiro atoms. The highest BCUT2D eigenvalue weighted by atomic mass is 16.5. The van der Waals surface area contributed by atoms with Gasteiger partial charge in [-0.15, -0.1) is 0 Å². The molecule has 1 aliphatic carbocycles. The van der Waals surface area contributed by atoms with Crippen molar-refractivity contribution in [3.05, 3.63) is 23.8 Å². The summed E-state index contributed by atoms with van der Waals surface area (Å²) >= 11 is 0. The smallest absolute Gasteiger partial charge is 0.138 e. The van der Waals surface area contributed by atoms with E-state index in [9.17, 15) is 5.11 Å². The van der Waals surface area contributed by atoms with Gasteiger partial charge in [-0.1, -0.05) is 6.07 Å². The Bertz CT molecular complexity index is 623. The van der Waals surface area contributed by atoms with Crippen LogP contribution in [0.25, 0.3) is 0 Å². The number of phenolic OH excluding ortho intramolecular Hbond substituents is 1. The van der Waals surface area contributed by atoms with Crippen LogP contribution in [0, 0.1) is 0 Å². The molecule has 0 atom stereocenters. The standard InChI is InChI=1S/C23H38N2O4/c1-23(10-6-20(7-11-23)29-15-14-27-2)25-12-8-19(9-13-25)24-21-16-18(17-28-3)4-5-22(21)26/h4-5,16,19-20,24,26H,6-15,17H2,1-3H3/t20-,23-. The molecule has 6 nitrogen and oxygen atoms in total. The molecular weight excluding hydrogens is 368 g/mol. The molecule has 0 radical (unpaired) electrons. The Morgan fingerprint density at radius 1 is 1.07 bits per heavy atom. The molecule has 6 heteroatoms. The summed E-state index contributed by atoms with van der Waals surface area (Å²) in [6, 6.07) is 6.05. The first kappa shape index (κ1) is 22.3. The summed E-state index contributed by atoms with van der Waals surface area (Å²) < 4.78 is 16.2. The van der Waals surface area contributed by atoms with Gasteiger partial charge in [-0.05, 0) is 63.1 Å². The van der Waals surface area contributed by atoms with Crippen LogP contribution in [0.5, 0.6) is 5.75 Å². The predicted octanol–water partition coefficient (Wildman–Crippen LogP) is 3.78. The lowest BCUT2D eigenvalue weighted by molar-refractivity contribution is -0.0398. The monoisotopic (exact) mass is 406 g/mol. The van der Waals surface area contributed by atoms with Crippen LogP contribution in [0.3, 0.4) is 0 Å². The minimum Gasteiger partial charge on any atom is -0.506 e. The molecule has 0 amide bonds. The first-order valence-electron chi connectivity index (χ1n) is 11.0. The predicted molar refractivity (Wildman–Crippen MR) is 116 cm³/mol. The number of nitrogens with zero attached hydrogens (tertiary/aromatic N) is 1. The minimum absolute atomic E-state index is 0.284. The number of ether oxygens (including phenoxy) is 3. The fourth-order valence-corrected chi connectivity index (χ4v) is 4.73. The number of phenols is 1. The van der Waals surface area contributed by atoms with E-state index in [0.29, 0.717) is 37.7 Å². The molecule has 1 saturated heterocycles. The van der Waals surface area contributed by atoms with Gasteiger partial charge in [0.05, 0.1) is 31.6 Å². The highest BCUT2D eigenvalue weighted by Crippen LogP contribution is 2.37. The second-order valence-corrected chi connectivity index (χ2v) is 8.75. The molecule has 164 valence electrons. The zero-order chi connectivity index (χ0) is 20.7. The van der Waals surface area contributed by atoms with Crippen molar-refractivity contribution in [2.24, 2.45) is 0 Å². The van der Waals surface area contributed by atoms with Gasteiger partial charge in [0.15, 0.2) is 0 Å². The van der Waals surface area contributed by atoms with E-state index in [1.807, 2.05) is 12.1 Å². The summed E-state index contributed by atoms with van der Waals surface area (Å²) in [5.41, 5.74) is 2.17. The third-order valence-electron chi connectivity index (χ3n) is 6.64. The number of anilines is 1. The fraction of sp³-hybridized carbons (Fsp3) is 0.739. The van der Waals surface area contributed by atoms with Crippen LogP contribution in [-0.4, -0.2) is 68.2 Å². The molecule has 1 saturated carbocycles. The first-order valence-corrected chi connectivity index (χ1v) is 11.0. The maximum Gasteiger partial charge on any atom is 0.138 e. The maximum atomic E-state index is 10.2. The number of aromatic hydroxyl groups is 1. The molecule has 29 heavy (non-hydrogen) atoms. The SMILES string of the molecule is COCCO[C@H]1CC[C@](C)(N2CCC(Nc3cc(COC)ccc3O)CC2)CC1. The third kappa shape index (κ3) is 6.07. The van der Waals surface area contributed by atoms with Gasteiger partial charge >= 0.3 is 0 Å². The van der Waals surface area contributed by atoms with Crippen LogP contribution < -0.4 is 5.32 Å². The van der Waals surface area contributed by atoms with E-state index in [1.54, 1.807) is 20.3 Å². The van der Waals surface area contributed by atoms with E-state index < -0.39 is 0 Å². The second-order valence-electron chi connectivity index (χ2n) is 8.75. The Morgan fingerprint density at radius 2 is 1.79 bits per heavy atom. The molecule has 2 fully saturated rings. The summed E-state index contributed by atoms with van der Waals surface area (Å²) in [6.07, 6.45) is 7.25. The summed E-state index contributed by atoms with van der Waals surface area (Å²) in [4.78, 5) is 2.68. The van der Waals surface area contributed by atoms with Crippen molar-refractivity contribution in [2.75, 3.05) is 45.8 Å². The molecule has 1 aromatic rings. The Morgan fingerprint density at radius 3 is 2.45 bits per heavy atom. The van der Waals surface area contributed by atoms with Crippen LogP contribution in [0.2, 0.25) is 0 Å². The molecule has 2 aliphatic rings. The van der Waals surface area contributed by atoms with Crippen molar-refractivity contribution in [1.82, 2.24) is 4.90 Å². The van der Waals surface area contributed by atoms with E-state index in [4.69, 9.17) is 14.2 Å². The zero-order valence-corrected chi connectivity index (χ0v) is 18.3. The second kappa shape index (κ2) is 10.6. The number of piperidine rings is 1. The van der Waals surface area contributed by atoms with Crippen molar-refractivity contribution in [1.29, 1.82) is 0 Å². The van der Waals surface area contributed by atoms with Crippen molar-refractivity contribution >= 4 is 5.69 Å². The van der Waals surface area contributed by atoms with Crippen LogP contribution in [-0.2, 0) is 20.8 Å². The van der Waals surface area contributed by atoms with E-state index in [-0.39, 0.29) is 5.54 Å².